The van der Waals surface area contributed by atoms with E-state index in [0.717, 1.165) is 67.3 Å². The molecule has 0 saturated carbocycles. The molecule has 0 spiro atoms. The van der Waals surface area contributed by atoms with Crippen LogP contribution in [0.2, 0.25) is 10.0 Å². The lowest BCUT2D eigenvalue weighted by atomic mass is 10.1. The molecule has 5 nitrogen and oxygen atoms in total. The predicted molar refractivity (Wildman–Crippen MR) is 138 cm³/mol. The van der Waals surface area contributed by atoms with Gasteiger partial charge >= 0.3 is 0 Å². The van der Waals surface area contributed by atoms with Crippen LogP contribution >= 0.6 is 23.2 Å². The molecule has 174 valence electrons. The molecule has 1 aromatic heterocycles. The van der Waals surface area contributed by atoms with Crippen LogP contribution in [0.5, 0.6) is 0 Å². The monoisotopic (exact) mass is 484 g/mol. The second-order valence-corrected chi connectivity index (χ2v) is 9.30. The molecule has 3 aromatic rings. The van der Waals surface area contributed by atoms with Crippen LogP contribution < -0.4 is 10.2 Å². The van der Waals surface area contributed by atoms with E-state index in [1.807, 2.05) is 56.4 Å². The summed E-state index contributed by atoms with van der Waals surface area (Å²) in [5, 5.41) is 4.28. The molecule has 1 aliphatic heterocycles. The molecule has 1 saturated heterocycles. The lowest BCUT2D eigenvalue weighted by Gasteiger charge is -2.36. The summed E-state index contributed by atoms with van der Waals surface area (Å²) in [6.45, 7) is 7.53. The molecule has 0 radical (unpaired) electrons. The summed E-state index contributed by atoms with van der Waals surface area (Å²) < 4.78 is 2.08. The van der Waals surface area contributed by atoms with Crippen molar-refractivity contribution < 1.29 is 4.79 Å². The largest absolute Gasteiger partial charge is 0.369 e. The number of aromatic nitrogens is 1. The van der Waals surface area contributed by atoms with Crippen LogP contribution in [0.3, 0.4) is 0 Å². The molecule has 1 N–H and O–H groups in total. The van der Waals surface area contributed by atoms with E-state index >= 15 is 0 Å². The van der Waals surface area contributed by atoms with Gasteiger partial charge in [0.15, 0.2) is 0 Å². The molecule has 0 aliphatic carbocycles. The Morgan fingerprint density at radius 3 is 2.39 bits per heavy atom. The van der Waals surface area contributed by atoms with Gasteiger partial charge in [0, 0.05) is 56.8 Å². The van der Waals surface area contributed by atoms with E-state index in [1.165, 1.54) is 0 Å². The first kappa shape index (κ1) is 23.7. The minimum atomic E-state index is -0.00489. The number of halogens is 2. The third kappa shape index (κ3) is 5.55. The van der Waals surface area contributed by atoms with Gasteiger partial charge in [0.05, 0.1) is 15.6 Å². The Balaban J connectivity index is 1.23. The Morgan fingerprint density at radius 2 is 1.70 bits per heavy atom. The zero-order valence-corrected chi connectivity index (χ0v) is 20.7. The van der Waals surface area contributed by atoms with Crippen molar-refractivity contribution in [3.63, 3.8) is 0 Å². The van der Waals surface area contributed by atoms with Crippen LogP contribution in [-0.2, 0) is 7.05 Å². The Bertz CT molecular complexity index is 1100. The highest BCUT2D eigenvalue weighted by molar-refractivity contribution is 6.42. The fourth-order valence-corrected chi connectivity index (χ4v) is 4.62. The molecule has 1 amide bonds. The third-order valence-corrected chi connectivity index (χ3v) is 7.17. The van der Waals surface area contributed by atoms with E-state index in [-0.39, 0.29) is 5.91 Å². The van der Waals surface area contributed by atoms with Gasteiger partial charge in [-0.3, -0.25) is 9.69 Å². The summed E-state index contributed by atoms with van der Waals surface area (Å²) in [7, 11) is 2.01. The average Bonchev–Trinajstić information content (AvgIpc) is 3.14. The summed E-state index contributed by atoms with van der Waals surface area (Å²) in [4.78, 5) is 17.6. The van der Waals surface area contributed by atoms with Crippen molar-refractivity contribution in [2.24, 2.45) is 7.05 Å². The lowest BCUT2D eigenvalue weighted by molar-refractivity contribution is 0.0951. The van der Waals surface area contributed by atoms with Gasteiger partial charge in [0.2, 0.25) is 0 Å². The first-order valence-corrected chi connectivity index (χ1v) is 12.1. The number of benzene rings is 2. The van der Waals surface area contributed by atoms with Crippen molar-refractivity contribution >= 4 is 34.8 Å². The third-order valence-electron chi connectivity index (χ3n) is 6.43. The van der Waals surface area contributed by atoms with Crippen LogP contribution in [-0.4, -0.2) is 54.6 Å². The fourth-order valence-electron chi connectivity index (χ4n) is 4.33. The molecule has 0 unspecified atom stereocenters. The van der Waals surface area contributed by atoms with Gasteiger partial charge in [-0.25, -0.2) is 0 Å². The summed E-state index contributed by atoms with van der Waals surface area (Å²) in [6.07, 6.45) is 0.927. The fraction of sp³-hybridized carbons (Fsp3) is 0.346. The Morgan fingerprint density at radius 1 is 0.970 bits per heavy atom. The summed E-state index contributed by atoms with van der Waals surface area (Å²) in [5.41, 5.74) is 5.00. The number of piperazine rings is 1. The van der Waals surface area contributed by atoms with Gasteiger partial charge in [-0.05, 0) is 49.7 Å². The zero-order chi connectivity index (χ0) is 23.4. The van der Waals surface area contributed by atoms with E-state index in [9.17, 15) is 4.79 Å². The number of hydrogen-bond acceptors (Lipinski definition) is 3. The highest BCUT2D eigenvalue weighted by Crippen LogP contribution is 2.28. The lowest BCUT2D eigenvalue weighted by Crippen LogP contribution is -2.47. The topological polar surface area (TPSA) is 40.5 Å². The minimum absolute atomic E-state index is 0.00489. The van der Waals surface area contributed by atoms with Gasteiger partial charge in [0.1, 0.15) is 0 Å². The second kappa shape index (κ2) is 10.6. The highest BCUT2D eigenvalue weighted by Gasteiger charge is 2.19. The van der Waals surface area contributed by atoms with Crippen LogP contribution in [0, 0.1) is 6.92 Å². The smallest absolute Gasteiger partial charge is 0.253 e. The van der Waals surface area contributed by atoms with Crippen LogP contribution in [0.25, 0.3) is 11.3 Å². The number of nitrogens with one attached hydrogen (secondary N) is 1. The molecule has 0 bridgehead atoms. The van der Waals surface area contributed by atoms with Gasteiger partial charge in [-0.15, -0.1) is 0 Å². The maximum Gasteiger partial charge on any atom is 0.253 e. The normalized spacial score (nSPS) is 14.5. The van der Waals surface area contributed by atoms with E-state index < -0.39 is 0 Å². The maximum atomic E-state index is 12.8. The Kier molecular flexibility index (Phi) is 7.63. The van der Waals surface area contributed by atoms with E-state index in [4.69, 9.17) is 23.2 Å². The van der Waals surface area contributed by atoms with Crippen molar-refractivity contribution in [2.75, 3.05) is 44.2 Å². The molecule has 0 atom stereocenters. The zero-order valence-electron chi connectivity index (χ0n) is 19.2. The number of rotatable bonds is 7. The first-order valence-electron chi connectivity index (χ1n) is 11.4. The first-order chi connectivity index (χ1) is 15.9. The van der Waals surface area contributed by atoms with Gasteiger partial charge < -0.3 is 14.8 Å². The van der Waals surface area contributed by atoms with Crippen molar-refractivity contribution in [3.8, 4) is 11.3 Å². The SMILES string of the molecule is Cc1c(C(=O)NCCCN2CCN(c3ccc(Cl)c(Cl)c3)CC2)cc(-c2ccccc2)n1C. The minimum Gasteiger partial charge on any atom is -0.369 e. The van der Waals surface area contributed by atoms with Gasteiger partial charge in [-0.2, -0.15) is 0 Å². The number of carbonyl (C=O) groups is 1. The number of hydrogen-bond donors (Lipinski definition) is 1. The van der Waals surface area contributed by atoms with Crippen LogP contribution in [0.1, 0.15) is 22.5 Å². The number of carbonyl (C=O) groups excluding carboxylic acids is 1. The number of nitrogens with zero attached hydrogens (tertiary/aromatic N) is 3. The molecule has 1 aliphatic rings. The number of amides is 1. The molecule has 2 heterocycles. The Hall–Kier alpha value is -2.47. The van der Waals surface area contributed by atoms with Crippen molar-refractivity contribution in [2.45, 2.75) is 13.3 Å². The molecular weight excluding hydrogens is 455 g/mol. The molecule has 2 aromatic carbocycles. The van der Waals surface area contributed by atoms with E-state index in [2.05, 4.69) is 31.8 Å². The van der Waals surface area contributed by atoms with E-state index in [1.54, 1.807) is 0 Å². The van der Waals surface area contributed by atoms with Crippen molar-refractivity contribution in [3.05, 3.63) is 75.9 Å². The van der Waals surface area contributed by atoms with Gasteiger partial charge in [-0.1, -0.05) is 53.5 Å². The standard InChI is InChI=1S/C26H30Cl2N4O/c1-19-22(18-25(30(19)2)20-7-4-3-5-8-20)26(33)29-11-6-12-31-13-15-32(16-14-31)21-9-10-23(27)24(28)17-21/h3-5,7-10,17-18H,6,11-16H2,1-2H3,(H,29,33). The van der Waals surface area contributed by atoms with Crippen LogP contribution in [0.4, 0.5) is 5.69 Å². The van der Waals surface area contributed by atoms with Crippen molar-refractivity contribution in [1.29, 1.82) is 0 Å². The molecular formula is C26H30Cl2N4O. The summed E-state index contributed by atoms with van der Waals surface area (Å²) >= 11 is 12.2. The van der Waals surface area contributed by atoms with E-state index in [0.29, 0.717) is 16.6 Å². The molecule has 1 fully saturated rings. The summed E-state index contributed by atoms with van der Waals surface area (Å²) in [5.74, 6) is -0.00489. The molecule has 33 heavy (non-hydrogen) atoms. The number of anilines is 1. The quantitative estimate of drug-likeness (QED) is 0.465. The maximum absolute atomic E-state index is 12.8. The van der Waals surface area contributed by atoms with Gasteiger partial charge in [0.25, 0.3) is 5.91 Å². The molecule has 4 rings (SSSR count). The molecule has 7 heteroatoms. The van der Waals surface area contributed by atoms with Crippen molar-refractivity contribution in [1.82, 2.24) is 14.8 Å². The average molecular weight is 485 g/mol. The summed E-state index contributed by atoms with van der Waals surface area (Å²) in [6, 6.07) is 18.0. The predicted octanol–water partition coefficient (Wildman–Crippen LogP) is 5.25. The highest BCUT2D eigenvalue weighted by atomic mass is 35.5. The Labute approximate surface area is 205 Å². The van der Waals surface area contributed by atoms with Crippen LogP contribution in [0.15, 0.2) is 54.6 Å². The second-order valence-electron chi connectivity index (χ2n) is 8.49.